The molecular formula is C22H19N3OS. The molecule has 0 saturated heterocycles. The van der Waals surface area contributed by atoms with E-state index < -0.39 is 0 Å². The molecular weight excluding hydrogens is 354 g/mol. The van der Waals surface area contributed by atoms with Gasteiger partial charge in [0.25, 0.3) is 0 Å². The highest BCUT2D eigenvalue weighted by atomic mass is 32.1. The molecule has 2 aromatic heterocycles. The van der Waals surface area contributed by atoms with Crippen LogP contribution in [0.2, 0.25) is 0 Å². The lowest BCUT2D eigenvalue weighted by Gasteiger charge is -2.05. The smallest absolute Gasteiger partial charge is 0.230 e. The zero-order valence-electron chi connectivity index (χ0n) is 15.2. The summed E-state index contributed by atoms with van der Waals surface area (Å²) in [5.41, 5.74) is 6.04. The van der Waals surface area contributed by atoms with Crippen LogP contribution in [0.3, 0.4) is 0 Å². The minimum absolute atomic E-state index is 0.0732. The molecule has 0 unspecified atom stereocenters. The van der Waals surface area contributed by atoms with Gasteiger partial charge in [0.15, 0.2) is 10.8 Å². The van der Waals surface area contributed by atoms with Crippen molar-refractivity contribution in [2.45, 2.75) is 20.3 Å². The monoisotopic (exact) mass is 373 g/mol. The van der Waals surface area contributed by atoms with E-state index in [0.29, 0.717) is 17.2 Å². The molecule has 0 atom stereocenters. The molecule has 0 radical (unpaired) electrons. The number of carbonyl (C=O) groups is 1. The number of nitrogens with one attached hydrogen (secondary N) is 1. The Labute approximate surface area is 161 Å². The van der Waals surface area contributed by atoms with E-state index in [9.17, 15) is 4.79 Å². The topological polar surface area (TPSA) is 54.9 Å². The molecule has 0 aliphatic carbocycles. The number of thiazole rings is 1. The van der Waals surface area contributed by atoms with Gasteiger partial charge in [-0.25, -0.2) is 4.98 Å². The van der Waals surface area contributed by atoms with Crippen LogP contribution in [-0.2, 0) is 11.2 Å². The van der Waals surface area contributed by atoms with Gasteiger partial charge < -0.3 is 5.32 Å². The molecule has 0 aliphatic heterocycles. The fourth-order valence-electron chi connectivity index (χ4n) is 3.07. The summed E-state index contributed by atoms with van der Waals surface area (Å²) in [4.78, 5) is 21.3. The first-order valence-electron chi connectivity index (χ1n) is 8.77. The molecule has 0 saturated carbocycles. The zero-order chi connectivity index (χ0) is 18.8. The summed E-state index contributed by atoms with van der Waals surface area (Å²) in [6, 6.07) is 20.3. The number of amides is 1. The van der Waals surface area contributed by atoms with Gasteiger partial charge in [-0.15, -0.1) is 0 Å². The Bertz CT molecular complexity index is 1100. The molecule has 0 bridgehead atoms. The molecule has 4 aromatic rings. The lowest BCUT2D eigenvalue weighted by atomic mass is 10.0. The van der Waals surface area contributed by atoms with Gasteiger partial charge in [0.05, 0.1) is 11.1 Å². The number of hydrogen-bond donors (Lipinski definition) is 1. The van der Waals surface area contributed by atoms with Crippen LogP contribution in [0.15, 0.2) is 60.7 Å². The van der Waals surface area contributed by atoms with Gasteiger partial charge in [-0.2, -0.15) is 4.98 Å². The van der Waals surface area contributed by atoms with E-state index in [1.807, 2.05) is 62.4 Å². The molecule has 27 heavy (non-hydrogen) atoms. The Morgan fingerprint density at radius 2 is 1.67 bits per heavy atom. The average Bonchev–Trinajstić information content (AvgIpc) is 3.05. The largest absolute Gasteiger partial charge is 0.302 e. The van der Waals surface area contributed by atoms with Gasteiger partial charge >= 0.3 is 0 Å². The third-order valence-corrected chi connectivity index (χ3v) is 5.44. The van der Waals surface area contributed by atoms with E-state index in [1.54, 1.807) is 0 Å². The highest BCUT2D eigenvalue weighted by Gasteiger charge is 2.11. The average molecular weight is 373 g/mol. The number of hydrogen-bond acceptors (Lipinski definition) is 4. The number of aryl methyl sites for hydroxylation is 2. The lowest BCUT2D eigenvalue weighted by Crippen LogP contribution is -2.14. The van der Waals surface area contributed by atoms with E-state index in [-0.39, 0.29) is 5.91 Å². The Balaban J connectivity index is 1.46. The van der Waals surface area contributed by atoms with Crippen LogP contribution in [0.4, 0.5) is 5.13 Å². The summed E-state index contributed by atoms with van der Waals surface area (Å²) in [6.45, 7) is 3.98. The van der Waals surface area contributed by atoms with E-state index in [4.69, 9.17) is 0 Å². The van der Waals surface area contributed by atoms with Gasteiger partial charge in [-0.3, -0.25) is 4.79 Å². The standard InChI is InChI=1S/C22H19N3OS/c1-14-12-15(2)23-21-20(14)27-22(25-21)24-19(26)13-16-8-10-18(11-9-16)17-6-4-3-5-7-17/h3-12H,13H2,1-2H3,(H,23,24,25,26). The quantitative estimate of drug-likeness (QED) is 0.538. The van der Waals surface area contributed by atoms with Crippen LogP contribution in [0.25, 0.3) is 21.5 Å². The number of pyridine rings is 1. The first-order chi connectivity index (χ1) is 13.1. The Kier molecular flexibility index (Phi) is 4.69. The summed E-state index contributed by atoms with van der Waals surface area (Å²) >= 11 is 1.47. The predicted molar refractivity (Wildman–Crippen MR) is 111 cm³/mol. The molecule has 0 aliphatic rings. The second-order valence-electron chi connectivity index (χ2n) is 6.54. The molecule has 1 N–H and O–H groups in total. The van der Waals surface area contributed by atoms with Crippen molar-refractivity contribution in [3.05, 3.63) is 77.5 Å². The maximum absolute atomic E-state index is 12.4. The van der Waals surface area contributed by atoms with Crippen LogP contribution in [0, 0.1) is 13.8 Å². The van der Waals surface area contributed by atoms with E-state index >= 15 is 0 Å². The molecule has 5 heteroatoms. The number of aromatic nitrogens is 2. The molecule has 2 heterocycles. The summed E-state index contributed by atoms with van der Waals surface area (Å²) in [5, 5.41) is 3.50. The van der Waals surface area contributed by atoms with Crippen molar-refractivity contribution in [1.29, 1.82) is 0 Å². The summed E-state index contributed by atoms with van der Waals surface area (Å²) < 4.78 is 1.02. The molecule has 2 aromatic carbocycles. The van der Waals surface area contributed by atoms with Crippen molar-refractivity contribution in [3.63, 3.8) is 0 Å². The molecule has 4 rings (SSSR count). The fraction of sp³-hybridized carbons (Fsp3) is 0.136. The fourth-order valence-corrected chi connectivity index (χ4v) is 3.96. The maximum Gasteiger partial charge on any atom is 0.230 e. The van der Waals surface area contributed by atoms with Crippen molar-refractivity contribution in [1.82, 2.24) is 9.97 Å². The second kappa shape index (κ2) is 7.29. The molecule has 0 fully saturated rings. The number of anilines is 1. The van der Waals surface area contributed by atoms with Crippen LogP contribution in [0.1, 0.15) is 16.8 Å². The molecule has 1 amide bonds. The highest BCUT2D eigenvalue weighted by Crippen LogP contribution is 2.28. The lowest BCUT2D eigenvalue weighted by molar-refractivity contribution is -0.115. The number of rotatable bonds is 4. The van der Waals surface area contributed by atoms with Crippen LogP contribution < -0.4 is 5.32 Å². The third-order valence-electron chi connectivity index (χ3n) is 4.35. The number of carbonyl (C=O) groups excluding carboxylic acids is 1. The van der Waals surface area contributed by atoms with Gasteiger partial charge in [0.1, 0.15) is 0 Å². The van der Waals surface area contributed by atoms with E-state index in [0.717, 1.165) is 27.1 Å². The minimum atomic E-state index is -0.0732. The molecule has 0 spiro atoms. The summed E-state index contributed by atoms with van der Waals surface area (Å²) in [6.07, 6.45) is 0.316. The van der Waals surface area contributed by atoms with Crippen LogP contribution in [0.5, 0.6) is 0 Å². The van der Waals surface area contributed by atoms with Crippen molar-refractivity contribution in [2.24, 2.45) is 0 Å². The number of benzene rings is 2. The highest BCUT2D eigenvalue weighted by molar-refractivity contribution is 7.22. The first-order valence-corrected chi connectivity index (χ1v) is 9.59. The Morgan fingerprint density at radius 3 is 2.41 bits per heavy atom. The molecule has 4 nitrogen and oxygen atoms in total. The van der Waals surface area contributed by atoms with Gasteiger partial charge in [-0.05, 0) is 42.2 Å². The predicted octanol–water partition coefficient (Wildman–Crippen LogP) is 5.16. The van der Waals surface area contributed by atoms with Crippen molar-refractivity contribution in [2.75, 3.05) is 5.32 Å². The van der Waals surface area contributed by atoms with Crippen molar-refractivity contribution >= 4 is 32.7 Å². The Hall–Kier alpha value is -3.05. The van der Waals surface area contributed by atoms with Crippen molar-refractivity contribution in [3.8, 4) is 11.1 Å². The number of nitrogens with zero attached hydrogens (tertiary/aromatic N) is 2. The van der Waals surface area contributed by atoms with Crippen LogP contribution in [-0.4, -0.2) is 15.9 Å². The molecule has 134 valence electrons. The van der Waals surface area contributed by atoms with Gasteiger partial charge in [0, 0.05) is 5.69 Å². The Morgan fingerprint density at radius 1 is 0.963 bits per heavy atom. The summed E-state index contributed by atoms with van der Waals surface area (Å²) in [5.74, 6) is -0.0732. The number of fused-ring (bicyclic) bond motifs is 1. The third kappa shape index (κ3) is 3.88. The zero-order valence-corrected chi connectivity index (χ0v) is 16.0. The van der Waals surface area contributed by atoms with E-state index in [2.05, 4.69) is 27.4 Å². The van der Waals surface area contributed by atoms with E-state index in [1.165, 1.54) is 16.9 Å². The SMILES string of the molecule is Cc1cc(C)c2sc(NC(=O)Cc3ccc(-c4ccccc4)cc3)nc2n1. The minimum Gasteiger partial charge on any atom is -0.302 e. The van der Waals surface area contributed by atoms with Crippen LogP contribution >= 0.6 is 11.3 Å². The van der Waals surface area contributed by atoms with Gasteiger partial charge in [0.2, 0.25) is 5.91 Å². The van der Waals surface area contributed by atoms with Crippen molar-refractivity contribution < 1.29 is 4.79 Å². The first kappa shape index (κ1) is 17.4. The second-order valence-corrected chi connectivity index (χ2v) is 7.54. The normalized spacial score (nSPS) is 10.9. The van der Waals surface area contributed by atoms with Gasteiger partial charge in [-0.1, -0.05) is 65.9 Å². The summed E-state index contributed by atoms with van der Waals surface area (Å²) in [7, 11) is 0. The maximum atomic E-state index is 12.4.